The predicted octanol–water partition coefficient (Wildman–Crippen LogP) is 2.38. The van der Waals surface area contributed by atoms with E-state index in [1.165, 1.54) is 38.5 Å². The molecule has 0 unspecified atom stereocenters. The summed E-state index contributed by atoms with van der Waals surface area (Å²) in [5.74, 6) is 2.74. The van der Waals surface area contributed by atoms with Gasteiger partial charge in [-0.25, -0.2) is 0 Å². The van der Waals surface area contributed by atoms with Gasteiger partial charge in [0.05, 0.1) is 6.54 Å². The first kappa shape index (κ1) is 13.5. The summed E-state index contributed by atoms with van der Waals surface area (Å²) in [6.45, 7) is 5.13. The molecule has 0 spiro atoms. The minimum absolute atomic E-state index is 0.0961. The zero-order valence-electron chi connectivity index (χ0n) is 10.7. The molecule has 0 bridgehead atoms. The Hall–Kier alpha value is -0.520. The molecule has 2 heteroatoms. The van der Waals surface area contributed by atoms with E-state index in [0.717, 1.165) is 26.1 Å². The smallest absolute Gasteiger partial charge is 0.0598 e. The third-order valence-corrected chi connectivity index (χ3v) is 3.63. The monoisotopic (exact) mass is 222 g/mol. The summed E-state index contributed by atoms with van der Waals surface area (Å²) in [5.41, 5.74) is 6.52. The predicted molar refractivity (Wildman–Crippen MR) is 70.2 cm³/mol. The second kappa shape index (κ2) is 6.93. The van der Waals surface area contributed by atoms with Gasteiger partial charge in [-0.2, -0.15) is 0 Å². The molecule has 1 aliphatic rings. The van der Waals surface area contributed by atoms with E-state index in [4.69, 9.17) is 12.2 Å². The Labute approximate surface area is 101 Å². The van der Waals surface area contributed by atoms with Gasteiger partial charge in [0.15, 0.2) is 0 Å². The van der Waals surface area contributed by atoms with Crippen LogP contribution in [0.2, 0.25) is 0 Å². The number of rotatable bonds is 6. The van der Waals surface area contributed by atoms with E-state index in [1.807, 2.05) is 0 Å². The number of hydrogen-bond donors (Lipinski definition) is 1. The first-order valence-electron chi connectivity index (χ1n) is 6.65. The van der Waals surface area contributed by atoms with Crippen molar-refractivity contribution in [2.24, 2.45) is 5.73 Å². The molecule has 0 radical (unpaired) electrons. The molecular weight excluding hydrogens is 196 g/mol. The maximum Gasteiger partial charge on any atom is 0.0598 e. The molecule has 1 rings (SSSR count). The van der Waals surface area contributed by atoms with Crippen LogP contribution in [0.5, 0.6) is 0 Å². The van der Waals surface area contributed by atoms with Crippen LogP contribution in [0, 0.1) is 12.3 Å². The Morgan fingerprint density at radius 2 is 1.94 bits per heavy atom. The maximum atomic E-state index is 6.42. The van der Waals surface area contributed by atoms with Crippen molar-refractivity contribution in [2.75, 3.05) is 19.6 Å². The Morgan fingerprint density at radius 3 is 2.50 bits per heavy atom. The minimum atomic E-state index is 0.0961. The first-order chi connectivity index (χ1) is 7.70. The van der Waals surface area contributed by atoms with E-state index >= 15 is 0 Å². The lowest BCUT2D eigenvalue weighted by atomic mass is 9.80. The molecule has 1 saturated carbocycles. The van der Waals surface area contributed by atoms with Crippen LogP contribution in [0.4, 0.5) is 0 Å². The third-order valence-electron chi connectivity index (χ3n) is 3.63. The van der Waals surface area contributed by atoms with Crippen LogP contribution < -0.4 is 5.73 Å². The van der Waals surface area contributed by atoms with Gasteiger partial charge in [0, 0.05) is 12.1 Å². The quantitative estimate of drug-likeness (QED) is 0.699. The first-order valence-corrected chi connectivity index (χ1v) is 6.65. The maximum absolute atomic E-state index is 6.42. The normalized spacial score (nSPS) is 19.6. The standard InChI is InChI=1S/C14H26N2/c1-3-11-16(12-4-2)13-10-14(15)8-6-5-7-9-14/h1H,4-13,15H2,2H3. The highest BCUT2D eigenvalue weighted by atomic mass is 15.1. The Kier molecular flexibility index (Phi) is 5.87. The van der Waals surface area contributed by atoms with E-state index in [0.29, 0.717) is 0 Å². The number of nitrogens with zero attached hydrogens (tertiary/aromatic N) is 1. The molecule has 0 amide bonds. The van der Waals surface area contributed by atoms with Gasteiger partial charge >= 0.3 is 0 Å². The molecule has 1 aliphatic carbocycles. The summed E-state index contributed by atoms with van der Waals surface area (Å²) < 4.78 is 0. The highest BCUT2D eigenvalue weighted by Crippen LogP contribution is 2.28. The van der Waals surface area contributed by atoms with Gasteiger partial charge in [0.25, 0.3) is 0 Å². The molecule has 0 aliphatic heterocycles. The lowest BCUT2D eigenvalue weighted by Crippen LogP contribution is -2.44. The van der Waals surface area contributed by atoms with Crippen molar-refractivity contribution in [1.82, 2.24) is 4.90 Å². The second-order valence-corrected chi connectivity index (χ2v) is 5.15. The Bertz CT molecular complexity index is 223. The average molecular weight is 222 g/mol. The van der Waals surface area contributed by atoms with Crippen molar-refractivity contribution < 1.29 is 0 Å². The van der Waals surface area contributed by atoms with Crippen LogP contribution in [-0.4, -0.2) is 30.1 Å². The van der Waals surface area contributed by atoms with Crippen molar-refractivity contribution in [3.63, 3.8) is 0 Å². The lowest BCUT2D eigenvalue weighted by molar-refractivity contribution is 0.221. The van der Waals surface area contributed by atoms with Crippen LogP contribution in [-0.2, 0) is 0 Å². The largest absolute Gasteiger partial charge is 0.325 e. The van der Waals surface area contributed by atoms with Gasteiger partial charge in [-0.3, -0.25) is 4.90 Å². The van der Waals surface area contributed by atoms with Crippen molar-refractivity contribution in [1.29, 1.82) is 0 Å². The van der Waals surface area contributed by atoms with Crippen LogP contribution in [0.15, 0.2) is 0 Å². The Balaban J connectivity index is 2.32. The molecule has 2 N–H and O–H groups in total. The van der Waals surface area contributed by atoms with Crippen molar-refractivity contribution in [3.05, 3.63) is 0 Å². The SMILES string of the molecule is C#CCN(CCC)CCC1(N)CCCCC1. The zero-order chi connectivity index (χ0) is 11.9. The van der Waals surface area contributed by atoms with E-state index in [1.54, 1.807) is 0 Å². The van der Waals surface area contributed by atoms with Gasteiger partial charge in [-0.15, -0.1) is 6.42 Å². The van der Waals surface area contributed by atoms with Crippen molar-refractivity contribution >= 4 is 0 Å². The van der Waals surface area contributed by atoms with Gasteiger partial charge in [-0.1, -0.05) is 32.1 Å². The van der Waals surface area contributed by atoms with Crippen LogP contribution in [0.1, 0.15) is 51.9 Å². The van der Waals surface area contributed by atoms with Crippen molar-refractivity contribution in [2.45, 2.75) is 57.4 Å². The summed E-state index contributed by atoms with van der Waals surface area (Å²) >= 11 is 0. The number of hydrogen-bond acceptors (Lipinski definition) is 2. The summed E-state index contributed by atoms with van der Waals surface area (Å²) in [7, 11) is 0. The highest BCUT2D eigenvalue weighted by Gasteiger charge is 2.27. The molecule has 92 valence electrons. The van der Waals surface area contributed by atoms with Crippen molar-refractivity contribution in [3.8, 4) is 12.3 Å². The second-order valence-electron chi connectivity index (χ2n) is 5.15. The fourth-order valence-corrected chi connectivity index (χ4v) is 2.60. The minimum Gasteiger partial charge on any atom is -0.325 e. The molecule has 0 atom stereocenters. The van der Waals surface area contributed by atoms with E-state index in [2.05, 4.69) is 17.7 Å². The molecule has 16 heavy (non-hydrogen) atoms. The summed E-state index contributed by atoms with van der Waals surface area (Å²) in [4.78, 5) is 2.35. The molecular formula is C14H26N2. The summed E-state index contributed by atoms with van der Waals surface area (Å²) in [6, 6.07) is 0. The van der Waals surface area contributed by atoms with Gasteiger partial charge in [0.2, 0.25) is 0 Å². The summed E-state index contributed by atoms with van der Waals surface area (Å²) in [6.07, 6.45) is 14.0. The fraction of sp³-hybridized carbons (Fsp3) is 0.857. The Morgan fingerprint density at radius 1 is 1.25 bits per heavy atom. The average Bonchev–Trinajstić information content (AvgIpc) is 2.28. The van der Waals surface area contributed by atoms with Crippen LogP contribution in [0.3, 0.4) is 0 Å². The fourth-order valence-electron chi connectivity index (χ4n) is 2.60. The van der Waals surface area contributed by atoms with Crippen LogP contribution in [0.25, 0.3) is 0 Å². The summed E-state index contributed by atoms with van der Waals surface area (Å²) in [5, 5.41) is 0. The topological polar surface area (TPSA) is 29.3 Å². The molecule has 0 aromatic rings. The third kappa shape index (κ3) is 4.55. The van der Waals surface area contributed by atoms with E-state index in [9.17, 15) is 0 Å². The van der Waals surface area contributed by atoms with Gasteiger partial charge in [-0.05, 0) is 32.2 Å². The van der Waals surface area contributed by atoms with Crippen LogP contribution >= 0.6 is 0 Å². The van der Waals surface area contributed by atoms with E-state index in [-0.39, 0.29) is 5.54 Å². The zero-order valence-corrected chi connectivity index (χ0v) is 10.7. The number of terminal acetylenes is 1. The molecule has 2 nitrogen and oxygen atoms in total. The molecule has 1 fully saturated rings. The molecule has 0 saturated heterocycles. The molecule has 0 aromatic heterocycles. The highest BCUT2D eigenvalue weighted by molar-refractivity contribution is 4.91. The molecule has 0 heterocycles. The lowest BCUT2D eigenvalue weighted by Gasteiger charge is -2.35. The number of nitrogens with two attached hydrogens (primary N) is 1. The van der Waals surface area contributed by atoms with Gasteiger partial charge < -0.3 is 5.73 Å². The van der Waals surface area contributed by atoms with E-state index < -0.39 is 0 Å². The van der Waals surface area contributed by atoms with Gasteiger partial charge in [0.1, 0.15) is 0 Å². The molecule has 0 aromatic carbocycles.